The lowest BCUT2D eigenvalue weighted by molar-refractivity contribution is 0.489. The normalized spacial score (nSPS) is 11.5. The van der Waals surface area contributed by atoms with E-state index in [4.69, 9.17) is 16.3 Å². The van der Waals surface area contributed by atoms with Crippen molar-refractivity contribution < 1.29 is 4.74 Å². The van der Waals surface area contributed by atoms with E-state index in [0.717, 1.165) is 22.4 Å². The van der Waals surface area contributed by atoms with Crippen LogP contribution < -0.4 is 4.74 Å². The summed E-state index contributed by atoms with van der Waals surface area (Å²) in [4.78, 5) is 6.39. The third kappa shape index (κ3) is 4.90. The molecule has 3 rings (SSSR count). The Bertz CT molecular complexity index is 1160. The molecule has 0 aliphatic heterocycles. The van der Waals surface area contributed by atoms with E-state index in [2.05, 4.69) is 15.4 Å². The first-order valence-corrected chi connectivity index (χ1v) is 10.9. The number of nitriles is 1. The van der Waals surface area contributed by atoms with Gasteiger partial charge in [0, 0.05) is 36.1 Å². The highest BCUT2D eigenvalue weighted by Crippen LogP contribution is 2.41. The van der Waals surface area contributed by atoms with Crippen molar-refractivity contribution in [3.05, 3.63) is 69.4 Å². The number of nitrogens with zero attached hydrogens (tertiary/aromatic N) is 4. The summed E-state index contributed by atoms with van der Waals surface area (Å²) in [5, 5.41) is 11.1. The number of hydrogen-bond donors (Lipinski definition) is 0. The quantitative estimate of drug-likeness (QED) is 0.311. The van der Waals surface area contributed by atoms with Gasteiger partial charge < -0.3 is 9.64 Å². The van der Waals surface area contributed by atoms with Crippen molar-refractivity contribution in [1.29, 1.82) is 5.26 Å². The van der Waals surface area contributed by atoms with Crippen molar-refractivity contribution >= 4 is 35.2 Å². The van der Waals surface area contributed by atoms with E-state index in [1.165, 1.54) is 11.5 Å². The number of ether oxygens (including phenoxy) is 1. The minimum atomic E-state index is -0.469. The summed E-state index contributed by atoms with van der Waals surface area (Å²) in [6.07, 6.45) is 1.77. The zero-order chi connectivity index (χ0) is 22.8. The van der Waals surface area contributed by atoms with Gasteiger partial charge in [-0.3, -0.25) is 0 Å². The van der Waals surface area contributed by atoms with Gasteiger partial charge in [0.05, 0.1) is 17.7 Å². The Morgan fingerprint density at radius 3 is 2.45 bits per heavy atom. The number of hydrogen-bond acceptors (Lipinski definition) is 5. The third-order valence-electron chi connectivity index (χ3n) is 5.05. The molecule has 0 aliphatic rings. The monoisotopic (exact) mass is 452 g/mol. The molecule has 0 saturated carbocycles. The average Bonchev–Trinajstić information content (AvgIpc) is 3.13. The Kier molecular flexibility index (Phi) is 6.68. The molecule has 0 amide bonds. The lowest BCUT2D eigenvalue weighted by Crippen LogP contribution is -2.20. The molecule has 0 spiro atoms. The van der Waals surface area contributed by atoms with Crippen LogP contribution in [0.4, 0.5) is 5.69 Å². The van der Waals surface area contributed by atoms with Gasteiger partial charge in [-0.25, -0.2) is 4.99 Å². The van der Waals surface area contributed by atoms with E-state index in [1.54, 1.807) is 6.34 Å². The molecule has 160 valence electrons. The molecule has 5 nitrogen and oxygen atoms in total. The molecular weight excluding hydrogens is 428 g/mol. The summed E-state index contributed by atoms with van der Waals surface area (Å²) >= 11 is 7.23. The maximum atomic E-state index is 9.90. The average molecular weight is 453 g/mol. The maximum absolute atomic E-state index is 9.90. The zero-order valence-corrected chi connectivity index (χ0v) is 20.1. The van der Waals surface area contributed by atoms with Gasteiger partial charge in [0.25, 0.3) is 0 Å². The van der Waals surface area contributed by atoms with Gasteiger partial charge in [0.15, 0.2) is 0 Å². The predicted molar refractivity (Wildman–Crippen MR) is 128 cm³/mol. The zero-order valence-electron chi connectivity index (χ0n) is 18.5. The van der Waals surface area contributed by atoms with Crippen molar-refractivity contribution in [2.75, 3.05) is 14.1 Å². The molecule has 2 aromatic carbocycles. The Morgan fingerprint density at radius 2 is 1.84 bits per heavy atom. The molecule has 0 radical (unpaired) electrons. The van der Waals surface area contributed by atoms with E-state index in [-0.39, 0.29) is 0 Å². The first-order chi connectivity index (χ1) is 14.6. The van der Waals surface area contributed by atoms with Crippen molar-refractivity contribution in [2.45, 2.75) is 33.1 Å². The second-order valence-electron chi connectivity index (χ2n) is 8.15. The fourth-order valence-electron chi connectivity index (χ4n) is 3.17. The summed E-state index contributed by atoms with van der Waals surface area (Å²) in [6.45, 7) is 8.04. The molecule has 1 heterocycles. The predicted octanol–water partition coefficient (Wildman–Crippen LogP) is 6.62. The van der Waals surface area contributed by atoms with Gasteiger partial charge in [-0.2, -0.15) is 9.64 Å². The van der Waals surface area contributed by atoms with Crippen molar-refractivity contribution in [3.63, 3.8) is 0 Å². The number of aromatic nitrogens is 1. The second-order valence-corrected chi connectivity index (χ2v) is 9.32. The highest BCUT2D eigenvalue weighted by atomic mass is 35.5. The lowest BCUT2D eigenvalue weighted by atomic mass is 9.80. The molecule has 1 aromatic heterocycles. The molecule has 0 fully saturated rings. The number of aryl methyl sites for hydroxylation is 2. The van der Waals surface area contributed by atoms with Crippen LogP contribution >= 0.6 is 23.1 Å². The van der Waals surface area contributed by atoms with Gasteiger partial charge >= 0.3 is 0 Å². The molecular formula is C24H25ClN4OS. The van der Waals surface area contributed by atoms with Crippen LogP contribution in [0, 0.1) is 25.2 Å². The maximum Gasteiger partial charge on any atom is 0.218 e. The first kappa shape index (κ1) is 22.8. The summed E-state index contributed by atoms with van der Waals surface area (Å²) in [5.74, 6) is 0.692. The second kappa shape index (κ2) is 9.09. The van der Waals surface area contributed by atoms with Crippen LogP contribution in [0.5, 0.6) is 10.8 Å². The number of aliphatic imine (C=N–C) groups is 1. The molecule has 0 unspecified atom stereocenters. The molecule has 0 saturated heterocycles. The van der Waals surface area contributed by atoms with E-state index >= 15 is 0 Å². The van der Waals surface area contributed by atoms with E-state index in [0.29, 0.717) is 27.1 Å². The van der Waals surface area contributed by atoms with Gasteiger partial charge in [0.2, 0.25) is 5.06 Å². The van der Waals surface area contributed by atoms with Crippen LogP contribution in [0.25, 0.3) is 0 Å². The molecule has 0 N–H and O–H groups in total. The molecule has 0 bridgehead atoms. The van der Waals surface area contributed by atoms with Gasteiger partial charge in [-0.1, -0.05) is 37.6 Å². The van der Waals surface area contributed by atoms with Gasteiger partial charge in [0.1, 0.15) is 17.4 Å². The Balaban J connectivity index is 1.96. The van der Waals surface area contributed by atoms with Crippen LogP contribution in [-0.4, -0.2) is 29.7 Å². The summed E-state index contributed by atoms with van der Waals surface area (Å²) < 4.78 is 10.8. The van der Waals surface area contributed by atoms with Crippen molar-refractivity contribution in [3.8, 4) is 16.9 Å². The SMILES string of the molecule is Cc1cc(Oc2snc(C(C)(C)c3ccc(Cl)cc3)c2C#N)c(C)cc1/N=C\N(C)C. The van der Waals surface area contributed by atoms with Crippen LogP contribution in [0.2, 0.25) is 5.02 Å². The van der Waals surface area contributed by atoms with Crippen LogP contribution in [0.3, 0.4) is 0 Å². The van der Waals surface area contributed by atoms with Crippen molar-refractivity contribution in [2.24, 2.45) is 4.99 Å². The number of rotatable bonds is 6. The minimum Gasteiger partial charge on any atom is -0.443 e. The van der Waals surface area contributed by atoms with Crippen molar-refractivity contribution in [1.82, 2.24) is 9.27 Å². The fraction of sp³-hybridized carbons (Fsp3) is 0.292. The Hall–Kier alpha value is -2.88. The molecule has 0 aliphatic carbocycles. The molecule has 7 heteroatoms. The van der Waals surface area contributed by atoms with Crippen LogP contribution in [0.1, 0.15) is 41.8 Å². The highest BCUT2D eigenvalue weighted by molar-refractivity contribution is 7.08. The third-order valence-corrected chi connectivity index (χ3v) is 6.03. The largest absolute Gasteiger partial charge is 0.443 e. The molecule has 31 heavy (non-hydrogen) atoms. The fourth-order valence-corrected chi connectivity index (χ4v) is 4.15. The van der Waals surface area contributed by atoms with Gasteiger partial charge in [-0.05, 0) is 54.8 Å². The van der Waals surface area contributed by atoms with E-state index in [1.807, 2.05) is 83.1 Å². The lowest BCUT2D eigenvalue weighted by Gasteiger charge is -2.23. The topological polar surface area (TPSA) is 61.5 Å². The number of benzene rings is 2. The molecule has 0 atom stereocenters. The van der Waals surface area contributed by atoms with Crippen LogP contribution in [0.15, 0.2) is 41.4 Å². The summed E-state index contributed by atoms with van der Waals surface area (Å²) in [7, 11) is 3.86. The minimum absolute atomic E-state index is 0.455. The Morgan fingerprint density at radius 1 is 1.16 bits per heavy atom. The number of halogens is 1. The van der Waals surface area contributed by atoms with E-state index in [9.17, 15) is 5.26 Å². The Labute approximate surface area is 192 Å². The highest BCUT2D eigenvalue weighted by Gasteiger charge is 2.31. The standard InChI is InChI=1S/C24H25ClN4OS/c1-15-12-21(16(2)11-20(15)27-14-29(5)6)30-23-19(13-26)22(28-31-23)24(3,4)17-7-9-18(25)10-8-17/h7-12,14H,1-6H3/b27-14-. The van der Waals surface area contributed by atoms with Gasteiger partial charge in [-0.15, -0.1) is 0 Å². The van der Waals surface area contributed by atoms with E-state index < -0.39 is 5.41 Å². The summed E-state index contributed by atoms with van der Waals surface area (Å²) in [5.41, 5.74) is 4.52. The first-order valence-electron chi connectivity index (χ1n) is 9.79. The smallest absolute Gasteiger partial charge is 0.218 e. The summed E-state index contributed by atoms with van der Waals surface area (Å²) in [6, 6.07) is 13.8. The molecule has 3 aromatic rings. The van der Waals surface area contributed by atoms with Crippen LogP contribution in [-0.2, 0) is 5.41 Å².